The lowest BCUT2D eigenvalue weighted by atomic mass is 9.99. The van der Waals surface area contributed by atoms with Crippen molar-refractivity contribution in [1.29, 1.82) is 0 Å². The van der Waals surface area contributed by atoms with Gasteiger partial charge in [-0.3, -0.25) is 0 Å². The minimum absolute atomic E-state index is 1.08. The first-order chi connectivity index (χ1) is 37.5. The van der Waals surface area contributed by atoms with E-state index in [2.05, 4.69) is 327 Å². The Labute approximate surface area is 447 Å². The zero-order valence-electron chi connectivity index (χ0n) is 42.8. The molecule has 0 unspecified atom stereocenters. The van der Waals surface area contributed by atoms with Crippen LogP contribution in [0.25, 0.3) is 77.9 Å². The van der Waals surface area contributed by atoms with Gasteiger partial charge < -0.3 is 9.80 Å². The number of anilines is 6. The number of nitrogens with zero attached hydrogens (tertiary/aromatic N) is 2. The van der Waals surface area contributed by atoms with Gasteiger partial charge >= 0.3 is 0 Å². The molecule has 0 bridgehead atoms. The molecule has 12 rings (SSSR count). The number of hydrogen-bond donors (Lipinski definition) is 0. The number of benzene rings is 12. The van der Waals surface area contributed by atoms with Crippen molar-refractivity contribution in [2.24, 2.45) is 0 Å². The van der Waals surface area contributed by atoms with Crippen LogP contribution in [0.1, 0.15) is 11.1 Å². The largest absolute Gasteiger partial charge is 0.311 e. The summed E-state index contributed by atoms with van der Waals surface area (Å²) in [5.74, 6) is 0. The molecule has 0 heterocycles. The van der Waals surface area contributed by atoms with Gasteiger partial charge in [-0.15, -0.1) is 0 Å². The van der Waals surface area contributed by atoms with Crippen molar-refractivity contribution in [2.75, 3.05) is 9.80 Å². The molecule has 12 aromatic rings. The molecular weight excluding hydrogens is 917 g/mol. The van der Waals surface area contributed by atoms with Crippen LogP contribution in [-0.4, -0.2) is 0 Å². The van der Waals surface area contributed by atoms with Crippen LogP contribution in [0.15, 0.2) is 303 Å². The average Bonchev–Trinajstić information content (AvgIpc) is 3.50. The van der Waals surface area contributed by atoms with Crippen LogP contribution >= 0.6 is 0 Å². The molecular formula is C74H56N2. The van der Waals surface area contributed by atoms with E-state index in [4.69, 9.17) is 0 Å². The maximum atomic E-state index is 2.35. The van der Waals surface area contributed by atoms with Crippen LogP contribution in [0.2, 0.25) is 0 Å². The van der Waals surface area contributed by atoms with Gasteiger partial charge in [-0.1, -0.05) is 242 Å². The van der Waals surface area contributed by atoms with Crippen molar-refractivity contribution in [1.82, 2.24) is 0 Å². The van der Waals surface area contributed by atoms with Gasteiger partial charge in [-0.05, 0) is 165 Å². The Morgan fingerprint density at radius 2 is 0.276 bits per heavy atom. The molecule has 0 radical (unpaired) electrons. The summed E-state index contributed by atoms with van der Waals surface area (Å²) in [4.78, 5) is 4.70. The van der Waals surface area contributed by atoms with Gasteiger partial charge in [-0.25, -0.2) is 0 Å². The van der Waals surface area contributed by atoms with E-state index in [9.17, 15) is 0 Å². The van der Waals surface area contributed by atoms with Crippen LogP contribution in [0.3, 0.4) is 0 Å². The number of hydrogen-bond acceptors (Lipinski definition) is 2. The Hall–Kier alpha value is -9.76. The molecule has 0 aliphatic rings. The Morgan fingerprint density at radius 3 is 0.447 bits per heavy atom. The normalized spacial score (nSPS) is 11.0. The summed E-state index contributed by atoms with van der Waals surface area (Å²) in [5, 5.41) is 0. The van der Waals surface area contributed by atoms with Gasteiger partial charge in [0.1, 0.15) is 0 Å². The monoisotopic (exact) mass is 972 g/mol. The third-order valence-corrected chi connectivity index (χ3v) is 14.5. The quantitative estimate of drug-likeness (QED) is 0.114. The molecule has 2 heteroatoms. The van der Waals surface area contributed by atoms with E-state index in [-0.39, 0.29) is 0 Å². The molecule has 12 aromatic carbocycles. The minimum atomic E-state index is 1.08. The smallest absolute Gasteiger partial charge is 0.0462 e. The zero-order chi connectivity index (χ0) is 51.2. The fourth-order valence-corrected chi connectivity index (χ4v) is 10.2. The topological polar surface area (TPSA) is 6.48 Å². The standard InChI is InChI=1S/C74H56N2/c1-53-13-17-57(18-14-53)63-29-41-69(42-30-63)75(71-45-33-65(34-46-71)61-25-21-59(22-26-61)55-9-5-3-6-10-55)73-49-37-67(38-50-73)68-39-51-74(52-40-68)76(70-43-31-64(32-44-70)58-19-15-54(2)16-20-58)72-47-35-66(36-48-72)62-27-23-60(24-28-62)56-11-7-4-8-12-56/h3-52H,1-2H3. The van der Waals surface area contributed by atoms with Crippen molar-refractivity contribution < 1.29 is 0 Å². The van der Waals surface area contributed by atoms with Gasteiger partial charge in [0, 0.05) is 34.1 Å². The summed E-state index contributed by atoms with van der Waals surface area (Å²) in [6, 6.07) is 110. The highest BCUT2D eigenvalue weighted by molar-refractivity contribution is 5.84. The summed E-state index contributed by atoms with van der Waals surface area (Å²) >= 11 is 0. The summed E-state index contributed by atoms with van der Waals surface area (Å²) in [5.41, 5.74) is 25.7. The van der Waals surface area contributed by atoms with Crippen LogP contribution in [-0.2, 0) is 0 Å². The van der Waals surface area contributed by atoms with E-state index in [1.165, 1.54) is 77.9 Å². The molecule has 0 amide bonds. The molecule has 362 valence electrons. The fourth-order valence-electron chi connectivity index (χ4n) is 10.2. The van der Waals surface area contributed by atoms with E-state index < -0.39 is 0 Å². The molecule has 0 atom stereocenters. The van der Waals surface area contributed by atoms with E-state index >= 15 is 0 Å². The van der Waals surface area contributed by atoms with Crippen molar-refractivity contribution in [2.45, 2.75) is 13.8 Å². The van der Waals surface area contributed by atoms with Crippen molar-refractivity contribution >= 4 is 34.1 Å². The van der Waals surface area contributed by atoms with E-state index in [1.807, 2.05) is 0 Å². The zero-order valence-corrected chi connectivity index (χ0v) is 42.8. The predicted molar refractivity (Wildman–Crippen MR) is 323 cm³/mol. The Kier molecular flexibility index (Phi) is 13.3. The highest BCUT2D eigenvalue weighted by Gasteiger charge is 2.17. The SMILES string of the molecule is Cc1ccc(-c2ccc(N(c3ccc(-c4ccc(-c5ccccc5)cc4)cc3)c3ccc(-c4ccc(N(c5ccc(-c6ccc(C)cc6)cc5)c5ccc(-c6ccc(-c7ccccc7)cc6)cc5)cc4)cc3)cc2)cc1. The lowest BCUT2D eigenvalue weighted by Gasteiger charge is -2.27. The highest BCUT2D eigenvalue weighted by atomic mass is 15.1. The fraction of sp³-hybridized carbons (Fsp3) is 0.0270. The van der Waals surface area contributed by atoms with Gasteiger partial charge in [0.05, 0.1) is 0 Å². The first-order valence-electron chi connectivity index (χ1n) is 26.1. The van der Waals surface area contributed by atoms with Gasteiger partial charge in [-0.2, -0.15) is 0 Å². The molecule has 0 N–H and O–H groups in total. The predicted octanol–water partition coefficient (Wildman–Crippen LogP) is 20.9. The van der Waals surface area contributed by atoms with Gasteiger partial charge in [0.25, 0.3) is 0 Å². The maximum Gasteiger partial charge on any atom is 0.0462 e. The Balaban J connectivity index is 0.837. The molecule has 0 aliphatic heterocycles. The molecule has 0 aromatic heterocycles. The number of rotatable bonds is 13. The summed E-state index contributed by atoms with van der Waals surface area (Å²) < 4.78 is 0. The van der Waals surface area contributed by atoms with E-state index in [1.54, 1.807) is 0 Å². The Bertz CT molecular complexity index is 3550. The highest BCUT2D eigenvalue weighted by Crippen LogP contribution is 2.41. The van der Waals surface area contributed by atoms with E-state index in [0.717, 1.165) is 45.3 Å². The first kappa shape index (κ1) is 47.3. The van der Waals surface area contributed by atoms with Gasteiger partial charge in [0.15, 0.2) is 0 Å². The molecule has 0 fully saturated rings. The average molecular weight is 973 g/mol. The molecule has 0 aliphatic carbocycles. The third kappa shape index (κ3) is 10.3. The Morgan fingerprint density at radius 1 is 0.145 bits per heavy atom. The molecule has 76 heavy (non-hydrogen) atoms. The first-order valence-corrected chi connectivity index (χ1v) is 26.1. The van der Waals surface area contributed by atoms with Crippen molar-refractivity contribution in [3.05, 3.63) is 314 Å². The lowest BCUT2D eigenvalue weighted by molar-refractivity contribution is 1.28. The molecule has 2 nitrogen and oxygen atoms in total. The van der Waals surface area contributed by atoms with Crippen LogP contribution in [0.5, 0.6) is 0 Å². The molecule has 0 saturated carbocycles. The lowest BCUT2D eigenvalue weighted by Crippen LogP contribution is -2.10. The second-order valence-corrected chi connectivity index (χ2v) is 19.6. The summed E-state index contributed by atoms with van der Waals surface area (Å²) in [6.07, 6.45) is 0. The van der Waals surface area contributed by atoms with Gasteiger partial charge in [0.2, 0.25) is 0 Å². The van der Waals surface area contributed by atoms with E-state index in [0.29, 0.717) is 0 Å². The minimum Gasteiger partial charge on any atom is -0.311 e. The van der Waals surface area contributed by atoms with Crippen LogP contribution in [0, 0.1) is 13.8 Å². The maximum absolute atomic E-state index is 2.35. The molecule has 0 saturated heterocycles. The van der Waals surface area contributed by atoms with Crippen molar-refractivity contribution in [3.63, 3.8) is 0 Å². The van der Waals surface area contributed by atoms with Crippen LogP contribution < -0.4 is 9.80 Å². The summed E-state index contributed by atoms with van der Waals surface area (Å²) in [7, 11) is 0. The third-order valence-electron chi connectivity index (χ3n) is 14.5. The number of aryl methyl sites for hydroxylation is 2. The molecule has 0 spiro atoms. The summed E-state index contributed by atoms with van der Waals surface area (Å²) in [6.45, 7) is 4.26. The van der Waals surface area contributed by atoms with Crippen molar-refractivity contribution in [3.8, 4) is 77.9 Å². The second-order valence-electron chi connectivity index (χ2n) is 19.6. The van der Waals surface area contributed by atoms with Crippen LogP contribution in [0.4, 0.5) is 34.1 Å². The second kappa shape index (κ2) is 21.4.